The van der Waals surface area contributed by atoms with Crippen LogP contribution in [0.2, 0.25) is 0 Å². The lowest BCUT2D eigenvalue weighted by molar-refractivity contribution is -0.145. The summed E-state index contributed by atoms with van der Waals surface area (Å²) >= 11 is 1.45. The summed E-state index contributed by atoms with van der Waals surface area (Å²) in [5, 5.41) is 10.0. The lowest BCUT2D eigenvalue weighted by atomic mass is 9.98. The van der Waals surface area contributed by atoms with E-state index in [2.05, 4.69) is 25.8 Å². The van der Waals surface area contributed by atoms with E-state index in [9.17, 15) is 14.4 Å². The van der Waals surface area contributed by atoms with Crippen LogP contribution in [0.25, 0.3) is 0 Å². The van der Waals surface area contributed by atoms with Crippen LogP contribution in [0.15, 0.2) is 0 Å². The minimum atomic E-state index is -1.02. The Bertz CT molecular complexity index is 723. The van der Waals surface area contributed by atoms with Gasteiger partial charge in [0, 0.05) is 31.5 Å². The van der Waals surface area contributed by atoms with E-state index >= 15 is 0 Å². The number of nitrogens with zero attached hydrogens (tertiary/aromatic N) is 3. The Balaban J connectivity index is 2.11. The lowest BCUT2D eigenvalue weighted by Crippen LogP contribution is -2.43. The molecule has 0 bridgehead atoms. The van der Waals surface area contributed by atoms with E-state index in [0.717, 1.165) is 17.1 Å². The van der Waals surface area contributed by atoms with Gasteiger partial charge in [-0.15, -0.1) is 11.3 Å². The van der Waals surface area contributed by atoms with Gasteiger partial charge in [0.1, 0.15) is 11.4 Å². The average Bonchev–Trinajstić information content (AvgIpc) is 2.79. The molecule has 8 heteroatoms. The molecule has 1 aliphatic heterocycles. The lowest BCUT2D eigenvalue weighted by Gasteiger charge is -2.28. The Labute approximate surface area is 164 Å². The third kappa shape index (κ3) is 5.28. The average molecular weight is 396 g/mol. The standard InChI is InChI=1S/C19H29N3O4S/c1-12-16(27-18(20-12)19(3,4)5)17(26)21-9-6-7-14(8-10-21)22(13(2)23)11-15(24)25/h14H,6-11H2,1-5H3,(H,24,25). The molecule has 1 atom stereocenters. The largest absolute Gasteiger partial charge is 0.480 e. The van der Waals surface area contributed by atoms with Gasteiger partial charge in [0.25, 0.3) is 5.91 Å². The van der Waals surface area contributed by atoms with Crippen molar-refractivity contribution in [3.8, 4) is 0 Å². The highest BCUT2D eigenvalue weighted by Gasteiger charge is 2.30. The molecule has 2 heterocycles. The predicted octanol–water partition coefficient (Wildman–Crippen LogP) is 2.68. The molecule has 1 N–H and O–H groups in total. The first-order chi connectivity index (χ1) is 12.5. The molecule has 2 amide bonds. The molecule has 1 unspecified atom stereocenters. The monoisotopic (exact) mass is 395 g/mol. The van der Waals surface area contributed by atoms with Crippen molar-refractivity contribution >= 4 is 29.1 Å². The van der Waals surface area contributed by atoms with Crippen molar-refractivity contribution < 1.29 is 19.5 Å². The normalized spacial score (nSPS) is 18.1. The molecule has 0 radical (unpaired) electrons. The summed E-state index contributed by atoms with van der Waals surface area (Å²) in [6, 6.07) is -0.149. The maximum Gasteiger partial charge on any atom is 0.323 e. The number of carboxylic acids is 1. The number of rotatable bonds is 4. The number of aromatic nitrogens is 1. The van der Waals surface area contributed by atoms with Crippen molar-refractivity contribution in [3.05, 3.63) is 15.6 Å². The van der Waals surface area contributed by atoms with Crippen molar-refractivity contribution in [1.29, 1.82) is 0 Å². The fourth-order valence-electron chi connectivity index (χ4n) is 3.30. The van der Waals surface area contributed by atoms with Gasteiger partial charge in [0.05, 0.1) is 10.7 Å². The number of carboxylic acid groups (broad SMARTS) is 1. The number of carbonyl (C=O) groups excluding carboxylic acids is 2. The van der Waals surface area contributed by atoms with Crippen LogP contribution in [-0.2, 0) is 15.0 Å². The molecule has 0 aliphatic carbocycles. The van der Waals surface area contributed by atoms with Crippen LogP contribution >= 0.6 is 11.3 Å². The maximum atomic E-state index is 13.0. The molecular weight excluding hydrogens is 366 g/mol. The van der Waals surface area contributed by atoms with E-state index in [1.807, 2.05) is 11.8 Å². The summed E-state index contributed by atoms with van der Waals surface area (Å²) in [6.45, 7) is 10.3. The number of carbonyl (C=O) groups is 3. The van der Waals surface area contributed by atoms with Gasteiger partial charge >= 0.3 is 5.97 Å². The highest BCUT2D eigenvalue weighted by Crippen LogP contribution is 2.30. The number of aryl methyl sites for hydroxylation is 1. The van der Waals surface area contributed by atoms with E-state index in [0.29, 0.717) is 30.8 Å². The van der Waals surface area contributed by atoms with Crippen molar-refractivity contribution in [3.63, 3.8) is 0 Å². The van der Waals surface area contributed by atoms with Crippen LogP contribution < -0.4 is 0 Å². The van der Waals surface area contributed by atoms with Crippen LogP contribution in [0.5, 0.6) is 0 Å². The van der Waals surface area contributed by atoms with Crippen LogP contribution in [0.1, 0.15) is 67.3 Å². The molecule has 0 aromatic carbocycles. The van der Waals surface area contributed by atoms with E-state index in [-0.39, 0.29) is 29.8 Å². The van der Waals surface area contributed by atoms with Crippen molar-refractivity contribution in [2.75, 3.05) is 19.6 Å². The van der Waals surface area contributed by atoms with E-state index < -0.39 is 5.97 Å². The van der Waals surface area contributed by atoms with Gasteiger partial charge in [-0.25, -0.2) is 4.98 Å². The fourth-order valence-corrected chi connectivity index (χ4v) is 4.39. The third-order valence-electron chi connectivity index (χ3n) is 4.77. The summed E-state index contributed by atoms with van der Waals surface area (Å²) in [4.78, 5) is 44.4. The van der Waals surface area contributed by atoms with Gasteiger partial charge in [-0.2, -0.15) is 0 Å². The topological polar surface area (TPSA) is 90.8 Å². The molecule has 1 aliphatic rings. The number of likely N-dealkylation sites (tertiary alicyclic amines) is 1. The Morgan fingerprint density at radius 1 is 1.26 bits per heavy atom. The number of thiazole rings is 1. The molecule has 1 saturated heterocycles. The molecular formula is C19H29N3O4S. The zero-order valence-corrected chi connectivity index (χ0v) is 17.6. The van der Waals surface area contributed by atoms with Crippen molar-refractivity contribution in [1.82, 2.24) is 14.8 Å². The SMILES string of the molecule is CC(=O)N(CC(=O)O)C1CCCN(C(=O)c2sc(C(C)(C)C)nc2C)CC1. The Morgan fingerprint density at radius 2 is 1.93 bits per heavy atom. The van der Waals surface area contributed by atoms with Crippen LogP contribution in [-0.4, -0.2) is 63.4 Å². The predicted molar refractivity (Wildman–Crippen MR) is 104 cm³/mol. The highest BCUT2D eigenvalue weighted by atomic mass is 32.1. The smallest absolute Gasteiger partial charge is 0.323 e. The van der Waals surface area contributed by atoms with Gasteiger partial charge in [-0.3, -0.25) is 14.4 Å². The summed E-state index contributed by atoms with van der Waals surface area (Å²) in [6.07, 6.45) is 2.03. The number of hydrogen-bond donors (Lipinski definition) is 1. The third-order valence-corrected chi connectivity index (χ3v) is 6.34. The number of hydrogen-bond acceptors (Lipinski definition) is 5. The minimum absolute atomic E-state index is 0.0197. The number of aliphatic carboxylic acids is 1. The van der Waals surface area contributed by atoms with Gasteiger partial charge in [0.15, 0.2) is 0 Å². The summed E-state index contributed by atoms with van der Waals surface area (Å²) in [5.41, 5.74) is 0.656. The molecule has 1 fully saturated rings. The quantitative estimate of drug-likeness (QED) is 0.846. The van der Waals surface area contributed by atoms with E-state index in [1.165, 1.54) is 23.2 Å². The fraction of sp³-hybridized carbons (Fsp3) is 0.684. The summed E-state index contributed by atoms with van der Waals surface area (Å²) in [5.74, 6) is -1.28. The zero-order valence-electron chi connectivity index (χ0n) is 16.7. The second-order valence-corrected chi connectivity index (χ2v) is 9.10. The Hall–Kier alpha value is -1.96. The molecule has 0 spiro atoms. The van der Waals surface area contributed by atoms with Gasteiger partial charge in [0.2, 0.25) is 5.91 Å². The first-order valence-corrected chi connectivity index (χ1v) is 10.1. The highest BCUT2D eigenvalue weighted by molar-refractivity contribution is 7.14. The molecule has 1 aromatic heterocycles. The zero-order chi connectivity index (χ0) is 20.4. The first kappa shape index (κ1) is 21.3. The van der Waals surface area contributed by atoms with Gasteiger partial charge < -0.3 is 14.9 Å². The van der Waals surface area contributed by atoms with Crippen LogP contribution in [0, 0.1) is 6.92 Å². The molecule has 27 heavy (non-hydrogen) atoms. The summed E-state index contributed by atoms with van der Waals surface area (Å²) < 4.78 is 0. The Morgan fingerprint density at radius 3 is 2.44 bits per heavy atom. The molecule has 7 nitrogen and oxygen atoms in total. The van der Waals surface area contributed by atoms with Crippen molar-refractivity contribution in [2.45, 2.75) is 65.3 Å². The molecule has 150 valence electrons. The molecule has 1 aromatic rings. The van der Waals surface area contributed by atoms with Crippen LogP contribution in [0.3, 0.4) is 0 Å². The van der Waals surface area contributed by atoms with E-state index in [1.54, 1.807) is 0 Å². The molecule has 0 saturated carbocycles. The van der Waals surface area contributed by atoms with E-state index in [4.69, 9.17) is 5.11 Å². The second kappa shape index (κ2) is 8.37. The van der Waals surface area contributed by atoms with Crippen LogP contribution in [0.4, 0.5) is 0 Å². The molecule has 2 rings (SSSR count). The van der Waals surface area contributed by atoms with Gasteiger partial charge in [-0.05, 0) is 26.2 Å². The Kier molecular flexibility index (Phi) is 6.62. The summed E-state index contributed by atoms with van der Waals surface area (Å²) in [7, 11) is 0. The second-order valence-electron chi connectivity index (χ2n) is 8.10. The maximum absolute atomic E-state index is 13.0. The number of amides is 2. The van der Waals surface area contributed by atoms with Gasteiger partial charge in [-0.1, -0.05) is 20.8 Å². The first-order valence-electron chi connectivity index (χ1n) is 9.27. The minimum Gasteiger partial charge on any atom is -0.480 e. The van der Waals surface area contributed by atoms with Crippen molar-refractivity contribution in [2.24, 2.45) is 0 Å².